The van der Waals surface area contributed by atoms with Crippen molar-refractivity contribution in [2.75, 3.05) is 5.32 Å². The summed E-state index contributed by atoms with van der Waals surface area (Å²) >= 11 is 0. The molecule has 2 aromatic carbocycles. The van der Waals surface area contributed by atoms with Crippen LogP contribution < -0.4 is 21.7 Å². The molecule has 0 saturated carbocycles. The van der Waals surface area contributed by atoms with Crippen molar-refractivity contribution < 1.29 is 13.2 Å². The van der Waals surface area contributed by atoms with E-state index in [2.05, 4.69) is 10.3 Å². The van der Waals surface area contributed by atoms with Crippen molar-refractivity contribution in [2.45, 2.75) is 4.90 Å². The zero-order valence-electron chi connectivity index (χ0n) is 13.7. The summed E-state index contributed by atoms with van der Waals surface area (Å²) in [6, 6.07) is 13.3. The number of nitrogens with one attached hydrogen (secondary N) is 2. The lowest BCUT2D eigenvalue weighted by Gasteiger charge is -2.08. The number of carbonyl (C=O) groups is 1. The first-order valence-electron chi connectivity index (χ1n) is 7.62. The average molecular weight is 386 g/mol. The molecule has 0 aliphatic carbocycles. The maximum absolute atomic E-state index is 12.6. The molecule has 0 atom stereocenters. The van der Waals surface area contributed by atoms with E-state index in [0.717, 1.165) is 10.8 Å². The summed E-state index contributed by atoms with van der Waals surface area (Å²) in [5, 5.41) is 7.48. The number of hydrogen-bond acceptors (Lipinski definition) is 5. The third kappa shape index (κ3) is 3.86. The lowest BCUT2D eigenvalue weighted by atomic mass is 10.2. The second kappa shape index (κ2) is 7.02. The molecule has 0 spiro atoms. The number of para-hydroxylation sites is 1. The van der Waals surface area contributed by atoms with Crippen LogP contribution in [0.5, 0.6) is 0 Å². The van der Waals surface area contributed by atoms with Crippen LogP contribution in [0.2, 0.25) is 0 Å². The first kappa shape index (κ1) is 18.3. The summed E-state index contributed by atoms with van der Waals surface area (Å²) in [5.41, 5.74) is -1.18. The van der Waals surface area contributed by atoms with Gasteiger partial charge >= 0.3 is 5.69 Å². The maximum atomic E-state index is 12.6. The van der Waals surface area contributed by atoms with Gasteiger partial charge in [-0.15, -0.1) is 0 Å². The minimum atomic E-state index is -3.85. The van der Waals surface area contributed by atoms with Crippen LogP contribution in [0.15, 0.2) is 75.3 Å². The van der Waals surface area contributed by atoms with Crippen molar-refractivity contribution in [3.63, 3.8) is 0 Å². The lowest BCUT2D eigenvalue weighted by molar-refractivity contribution is 0.102. The largest absolute Gasteiger partial charge is 0.333 e. The Bertz CT molecular complexity index is 1210. The number of aromatic nitrogens is 2. The Morgan fingerprint density at radius 3 is 2.22 bits per heavy atom. The number of carbonyl (C=O) groups excluding carboxylic acids is 1. The molecule has 0 saturated heterocycles. The van der Waals surface area contributed by atoms with Gasteiger partial charge in [-0.2, -0.15) is 0 Å². The number of anilines is 1. The van der Waals surface area contributed by atoms with Crippen molar-refractivity contribution in [1.82, 2.24) is 9.55 Å². The molecule has 1 heterocycles. The minimum Gasteiger partial charge on any atom is -0.322 e. The van der Waals surface area contributed by atoms with E-state index in [4.69, 9.17) is 5.14 Å². The van der Waals surface area contributed by atoms with Gasteiger partial charge in [0.25, 0.3) is 11.5 Å². The van der Waals surface area contributed by atoms with Crippen molar-refractivity contribution >= 4 is 21.6 Å². The minimum absolute atomic E-state index is 0.115. The van der Waals surface area contributed by atoms with Gasteiger partial charge in [0, 0.05) is 11.9 Å². The van der Waals surface area contributed by atoms with Gasteiger partial charge in [-0.3, -0.25) is 9.59 Å². The number of sulfonamides is 1. The Balaban J connectivity index is 1.94. The molecule has 27 heavy (non-hydrogen) atoms. The highest BCUT2D eigenvalue weighted by atomic mass is 32.2. The summed E-state index contributed by atoms with van der Waals surface area (Å²) in [6.07, 6.45) is 1.03. The normalized spacial score (nSPS) is 11.1. The molecule has 3 aromatic rings. The molecule has 0 bridgehead atoms. The van der Waals surface area contributed by atoms with Crippen LogP contribution in [-0.4, -0.2) is 23.9 Å². The number of H-pyrrole nitrogens is 1. The van der Waals surface area contributed by atoms with Gasteiger partial charge in [-0.1, -0.05) is 18.2 Å². The maximum Gasteiger partial charge on any atom is 0.333 e. The number of primary sulfonamides is 1. The van der Waals surface area contributed by atoms with E-state index in [1.807, 2.05) is 0 Å². The number of amides is 1. The molecule has 1 aromatic heterocycles. The van der Waals surface area contributed by atoms with Crippen molar-refractivity contribution in [1.29, 1.82) is 0 Å². The van der Waals surface area contributed by atoms with Gasteiger partial charge in [-0.25, -0.2) is 22.9 Å². The van der Waals surface area contributed by atoms with Crippen LogP contribution in [0.1, 0.15) is 10.4 Å². The fraction of sp³-hybridized carbons (Fsp3) is 0. The van der Waals surface area contributed by atoms with Gasteiger partial charge in [0.05, 0.1) is 10.6 Å². The molecule has 1 amide bonds. The molecule has 0 aliphatic rings. The summed E-state index contributed by atoms with van der Waals surface area (Å²) in [4.78, 5) is 39.3. The molecule has 3 rings (SSSR count). The van der Waals surface area contributed by atoms with Gasteiger partial charge < -0.3 is 10.3 Å². The van der Waals surface area contributed by atoms with Gasteiger partial charge in [0.1, 0.15) is 5.56 Å². The molecular weight excluding hydrogens is 372 g/mol. The van der Waals surface area contributed by atoms with Crippen molar-refractivity contribution in [3.05, 3.63) is 87.2 Å². The van der Waals surface area contributed by atoms with Crippen molar-refractivity contribution in [3.8, 4) is 5.69 Å². The predicted molar refractivity (Wildman–Crippen MR) is 98.4 cm³/mol. The monoisotopic (exact) mass is 386 g/mol. The molecular formula is C17H14N4O5S. The number of nitrogens with two attached hydrogens (primary N) is 1. The first-order valence-corrected chi connectivity index (χ1v) is 9.16. The summed E-state index contributed by atoms with van der Waals surface area (Å²) in [6.45, 7) is 0. The standard InChI is InChI=1S/C17H14N4O5S/c18-27(25,26)13-8-6-11(7-9-13)20-15(22)14-10-19-17(24)21(16(14)23)12-4-2-1-3-5-12/h1-10H,(H,19,24)(H,20,22)(H2,18,25,26). The smallest absolute Gasteiger partial charge is 0.322 e. The van der Waals surface area contributed by atoms with E-state index in [1.165, 1.54) is 24.3 Å². The molecule has 0 fully saturated rings. The second-order valence-corrected chi connectivity index (χ2v) is 7.07. The zero-order valence-corrected chi connectivity index (χ0v) is 14.6. The number of aromatic amines is 1. The summed E-state index contributed by atoms with van der Waals surface area (Å²) in [5.74, 6) is -0.760. The SMILES string of the molecule is NS(=O)(=O)c1ccc(NC(=O)c2c[nH]c(=O)n(-c3ccccc3)c2=O)cc1. The Hall–Kier alpha value is -3.50. The number of benzene rings is 2. The van der Waals surface area contributed by atoms with E-state index in [0.29, 0.717) is 5.69 Å². The Morgan fingerprint density at radius 2 is 1.63 bits per heavy atom. The lowest BCUT2D eigenvalue weighted by Crippen LogP contribution is -2.38. The molecule has 4 N–H and O–H groups in total. The fourth-order valence-electron chi connectivity index (χ4n) is 2.37. The third-order valence-electron chi connectivity index (χ3n) is 3.68. The average Bonchev–Trinajstić information content (AvgIpc) is 2.62. The second-order valence-electron chi connectivity index (χ2n) is 5.51. The van der Waals surface area contributed by atoms with Crippen LogP contribution in [0.4, 0.5) is 5.69 Å². The Labute approximate surface area is 153 Å². The van der Waals surface area contributed by atoms with Crippen LogP contribution in [-0.2, 0) is 10.0 Å². The molecule has 10 heteroatoms. The third-order valence-corrected chi connectivity index (χ3v) is 4.61. The molecule has 0 unspecified atom stereocenters. The van der Waals surface area contributed by atoms with Crippen LogP contribution in [0.25, 0.3) is 5.69 Å². The van der Waals surface area contributed by atoms with E-state index in [9.17, 15) is 22.8 Å². The molecule has 0 aliphatic heterocycles. The Kier molecular flexibility index (Phi) is 4.75. The first-order chi connectivity index (χ1) is 12.8. The quantitative estimate of drug-likeness (QED) is 0.595. The van der Waals surface area contributed by atoms with E-state index in [-0.39, 0.29) is 16.1 Å². The zero-order chi connectivity index (χ0) is 19.6. The Morgan fingerprint density at radius 1 is 1.00 bits per heavy atom. The highest BCUT2D eigenvalue weighted by Gasteiger charge is 2.16. The molecule has 0 radical (unpaired) electrons. The van der Waals surface area contributed by atoms with Crippen LogP contribution in [0.3, 0.4) is 0 Å². The molecule has 138 valence electrons. The van der Waals surface area contributed by atoms with Crippen LogP contribution in [0, 0.1) is 0 Å². The van der Waals surface area contributed by atoms with Crippen LogP contribution >= 0.6 is 0 Å². The summed E-state index contributed by atoms with van der Waals surface area (Å²) in [7, 11) is -3.85. The fourth-order valence-corrected chi connectivity index (χ4v) is 2.89. The highest BCUT2D eigenvalue weighted by Crippen LogP contribution is 2.13. The predicted octanol–water partition coefficient (Wildman–Crippen LogP) is 0.425. The van der Waals surface area contributed by atoms with Gasteiger partial charge in [0.15, 0.2) is 0 Å². The molecule has 9 nitrogen and oxygen atoms in total. The highest BCUT2D eigenvalue weighted by molar-refractivity contribution is 7.89. The number of rotatable bonds is 4. The van der Waals surface area contributed by atoms with Gasteiger partial charge in [-0.05, 0) is 36.4 Å². The van der Waals surface area contributed by atoms with Crippen molar-refractivity contribution in [2.24, 2.45) is 5.14 Å². The van der Waals surface area contributed by atoms with Gasteiger partial charge in [0.2, 0.25) is 10.0 Å². The van der Waals surface area contributed by atoms with E-state index in [1.54, 1.807) is 30.3 Å². The van der Waals surface area contributed by atoms with E-state index < -0.39 is 27.2 Å². The summed E-state index contributed by atoms with van der Waals surface area (Å²) < 4.78 is 23.3. The number of hydrogen-bond donors (Lipinski definition) is 3. The topological polar surface area (TPSA) is 144 Å². The van der Waals surface area contributed by atoms with E-state index >= 15 is 0 Å². The number of nitrogens with zero attached hydrogens (tertiary/aromatic N) is 1.